The molecule has 0 aliphatic rings. The molecule has 0 atom stereocenters. The molecule has 2 aromatic rings. The number of hydrogen-bond donors (Lipinski definition) is 1. The Kier molecular flexibility index (Phi) is 7.92. The lowest BCUT2D eigenvalue weighted by Gasteiger charge is -2.22. The summed E-state index contributed by atoms with van der Waals surface area (Å²) in [4.78, 5) is 34.8. The van der Waals surface area contributed by atoms with Crippen LogP contribution in [0.3, 0.4) is 0 Å². The van der Waals surface area contributed by atoms with Crippen LogP contribution in [0.25, 0.3) is 0 Å². The highest BCUT2D eigenvalue weighted by Crippen LogP contribution is 2.14. The third kappa shape index (κ3) is 6.47. The molecule has 1 aromatic carbocycles. The fraction of sp³-hybridized carbons (Fsp3) is 0.429. The molecule has 0 radical (unpaired) electrons. The quantitative estimate of drug-likeness (QED) is 0.684. The Labute approximate surface area is 161 Å². The summed E-state index contributed by atoms with van der Waals surface area (Å²) in [6.07, 6.45) is 7.76. The number of benzene rings is 1. The molecule has 0 aliphatic carbocycles. The van der Waals surface area contributed by atoms with Gasteiger partial charge >= 0.3 is 0 Å². The number of carbonyl (C=O) groups is 2. The molecular formula is C21H28N4O2. The molecule has 27 heavy (non-hydrogen) atoms. The van der Waals surface area contributed by atoms with Crippen molar-refractivity contribution in [3.8, 4) is 0 Å². The van der Waals surface area contributed by atoms with E-state index in [2.05, 4.69) is 22.2 Å². The zero-order valence-electron chi connectivity index (χ0n) is 16.4. The summed E-state index contributed by atoms with van der Waals surface area (Å²) in [5.74, 6) is -0.288. The van der Waals surface area contributed by atoms with Crippen LogP contribution in [0.1, 0.15) is 54.2 Å². The van der Waals surface area contributed by atoms with Crippen molar-refractivity contribution in [1.82, 2.24) is 14.9 Å². The Morgan fingerprint density at radius 2 is 1.89 bits per heavy atom. The number of carbonyl (C=O) groups excluding carboxylic acids is 2. The molecule has 1 N–H and O–H groups in total. The van der Waals surface area contributed by atoms with Crippen LogP contribution in [0.15, 0.2) is 36.8 Å². The second-order valence-corrected chi connectivity index (χ2v) is 6.69. The molecule has 0 fully saturated rings. The molecular weight excluding hydrogens is 340 g/mol. The van der Waals surface area contributed by atoms with Gasteiger partial charge in [0.05, 0.1) is 6.20 Å². The normalized spacial score (nSPS) is 10.5. The van der Waals surface area contributed by atoms with E-state index in [-0.39, 0.29) is 18.2 Å². The first-order chi connectivity index (χ1) is 13.0. The van der Waals surface area contributed by atoms with E-state index in [1.54, 1.807) is 4.90 Å². The third-order valence-electron chi connectivity index (χ3n) is 4.50. The van der Waals surface area contributed by atoms with Crippen LogP contribution in [0.5, 0.6) is 0 Å². The van der Waals surface area contributed by atoms with Crippen molar-refractivity contribution in [3.05, 3.63) is 53.6 Å². The summed E-state index contributed by atoms with van der Waals surface area (Å²) < 4.78 is 0. The van der Waals surface area contributed by atoms with Gasteiger partial charge in [0.15, 0.2) is 0 Å². The first kappa shape index (κ1) is 20.6. The lowest BCUT2D eigenvalue weighted by Crippen LogP contribution is -2.35. The van der Waals surface area contributed by atoms with E-state index in [9.17, 15) is 9.59 Å². The molecule has 0 spiro atoms. The van der Waals surface area contributed by atoms with E-state index in [1.807, 2.05) is 32.0 Å². The smallest absolute Gasteiger partial charge is 0.274 e. The van der Waals surface area contributed by atoms with Gasteiger partial charge in [0.2, 0.25) is 5.91 Å². The fourth-order valence-corrected chi connectivity index (χ4v) is 2.72. The Morgan fingerprint density at radius 1 is 1.07 bits per heavy atom. The molecule has 2 rings (SSSR count). The Balaban J connectivity index is 1.96. The predicted octanol–water partition coefficient (Wildman–Crippen LogP) is 3.75. The Morgan fingerprint density at radius 3 is 2.56 bits per heavy atom. The van der Waals surface area contributed by atoms with E-state index in [1.165, 1.54) is 24.2 Å². The monoisotopic (exact) mass is 368 g/mol. The molecule has 0 unspecified atom stereocenters. The minimum Gasteiger partial charge on any atom is -0.337 e. The van der Waals surface area contributed by atoms with Crippen molar-refractivity contribution in [2.24, 2.45) is 0 Å². The second kappa shape index (κ2) is 10.4. The summed E-state index contributed by atoms with van der Waals surface area (Å²) in [5.41, 5.74) is 3.40. The zero-order chi connectivity index (χ0) is 19.6. The van der Waals surface area contributed by atoms with Crippen LogP contribution in [0.4, 0.5) is 5.69 Å². The first-order valence-electron chi connectivity index (χ1n) is 9.43. The number of unbranched alkanes of at least 4 members (excludes halogenated alkanes) is 2. The zero-order valence-corrected chi connectivity index (χ0v) is 16.4. The molecule has 6 nitrogen and oxygen atoms in total. The molecule has 0 bridgehead atoms. The van der Waals surface area contributed by atoms with Gasteiger partial charge < -0.3 is 10.2 Å². The molecule has 144 valence electrons. The molecule has 1 heterocycles. The first-order valence-corrected chi connectivity index (χ1v) is 9.43. The van der Waals surface area contributed by atoms with Crippen molar-refractivity contribution in [2.75, 3.05) is 18.4 Å². The maximum absolute atomic E-state index is 12.7. The third-order valence-corrected chi connectivity index (χ3v) is 4.50. The van der Waals surface area contributed by atoms with Gasteiger partial charge in [-0.25, -0.2) is 4.98 Å². The lowest BCUT2D eigenvalue weighted by molar-refractivity contribution is -0.116. The fourth-order valence-electron chi connectivity index (χ4n) is 2.72. The van der Waals surface area contributed by atoms with Crippen LogP contribution in [0.2, 0.25) is 0 Å². The van der Waals surface area contributed by atoms with Crippen LogP contribution in [0, 0.1) is 13.8 Å². The van der Waals surface area contributed by atoms with E-state index in [4.69, 9.17) is 0 Å². The number of nitrogens with one attached hydrogen (secondary N) is 1. The van der Waals surface area contributed by atoms with Crippen molar-refractivity contribution in [1.29, 1.82) is 0 Å². The van der Waals surface area contributed by atoms with Crippen molar-refractivity contribution < 1.29 is 9.59 Å². The maximum atomic E-state index is 12.7. The summed E-state index contributed by atoms with van der Waals surface area (Å²) in [7, 11) is 0. The van der Waals surface area contributed by atoms with Gasteiger partial charge in [0, 0.05) is 37.6 Å². The van der Waals surface area contributed by atoms with E-state index in [0.717, 1.165) is 30.5 Å². The van der Waals surface area contributed by atoms with Gasteiger partial charge in [-0.15, -0.1) is 0 Å². The molecule has 0 saturated carbocycles. The van der Waals surface area contributed by atoms with Gasteiger partial charge in [0.25, 0.3) is 5.91 Å². The Bertz CT molecular complexity index is 762. The van der Waals surface area contributed by atoms with Crippen molar-refractivity contribution in [3.63, 3.8) is 0 Å². The molecule has 2 amide bonds. The van der Waals surface area contributed by atoms with Gasteiger partial charge in [-0.1, -0.05) is 25.8 Å². The number of hydrogen-bond acceptors (Lipinski definition) is 4. The molecule has 1 aromatic heterocycles. The summed E-state index contributed by atoms with van der Waals surface area (Å²) >= 11 is 0. The van der Waals surface area contributed by atoms with Gasteiger partial charge in [0.1, 0.15) is 5.69 Å². The summed E-state index contributed by atoms with van der Waals surface area (Å²) in [6.45, 7) is 7.13. The second-order valence-electron chi connectivity index (χ2n) is 6.69. The number of nitrogens with zero attached hydrogens (tertiary/aromatic N) is 3. The highest BCUT2D eigenvalue weighted by Gasteiger charge is 2.18. The number of anilines is 1. The van der Waals surface area contributed by atoms with Crippen molar-refractivity contribution in [2.45, 2.75) is 46.5 Å². The van der Waals surface area contributed by atoms with E-state index < -0.39 is 0 Å². The SMILES string of the molecule is CCCCCN(CCC(=O)Nc1ccc(C)c(C)c1)C(=O)c1cnccn1. The van der Waals surface area contributed by atoms with Gasteiger partial charge in [-0.3, -0.25) is 14.6 Å². The largest absolute Gasteiger partial charge is 0.337 e. The lowest BCUT2D eigenvalue weighted by atomic mass is 10.1. The molecule has 0 aliphatic heterocycles. The van der Waals surface area contributed by atoms with Gasteiger partial charge in [-0.05, 0) is 43.5 Å². The predicted molar refractivity (Wildman–Crippen MR) is 107 cm³/mol. The summed E-state index contributed by atoms with van der Waals surface area (Å²) in [5, 5.41) is 2.91. The Hall–Kier alpha value is -2.76. The number of aryl methyl sites for hydroxylation is 2. The highest BCUT2D eigenvalue weighted by atomic mass is 16.2. The minimum absolute atomic E-state index is 0.106. The van der Waals surface area contributed by atoms with Crippen LogP contribution in [-0.2, 0) is 4.79 Å². The maximum Gasteiger partial charge on any atom is 0.274 e. The highest BCUT2D eigenvalue weighted by molar-refractivity contribution is 5.93. The van der Waals surface area contributed by atoms with Gasteiger partial charge in [-0.2, -0.15) is 0 Å². The minimum atomic E-state index is -0.182. The summed E-state index contributed by atoms with van der Waals surface area (Å²) in [6, 6.07) is 5.83. The molecule has 6 heteroatoms. The van der Waals surface area contributed by atoms with Crippen LogP contribution < -0.4 is 5.32 Å². The molecule has 0 saturated heterocycles. The standard InChI is InChI=1S/C21H28N4O2/c1-4-5-6-12-25(21(27)19-15-22-10-11-23-19)13-9-20(26)24-18-8-7-16(2)17(3)14-18/h7-8,10-11,14-15H,4-6,9,12-13H2,1-3H3,(H,24,26). The topological polar surface area (TPSA) is 75.2 Å². The van der Waals surface area contributed by atoms with E-state index >= 15 is 0 Å². The van der Waals surface area contributed by atoms with E-state index in [0.29, 0.717) is 18.8 Å². The van der Waals surface area contributed by atoms with Crippen LogP contribution in [-0.4, -0.2) is 39.8 Å². The number of rotatable bonds is 9. The van der Waals surface area contributed by atoms with Crippen LogP contribution >= 0.6 is 0 Å². The number of amides is 2. The van der Waals surface area contributed by atoms with Crippen molar-refractivity contribution >= 4 is 17.5 Å². The number of aromatic nitrogens is 2. The average molecular weight is 368 g/mol. The average Bonchev–Trinajstić information content (AvgIpc) is 2.67.